The number of hydrogen-bond donors (Lipinski definition) is 1. The molecule has 0 aromatic heterocycles. The van der Waals surface area contributed by atoms with Gasteiger partial charge < -0.3 is 37.0 Å². The summed E-state index contributed by atoms with van der Waals surface area (Å²) in [7, 11) is 5.31. The molecule has 0 spiro atoms. The maximum atomic E-state index is 12.1. The molecule has 1 saturated heterocycles. The molecule has 1 aliphatic heterocycles. The minimum atomic E-state index is -0.00881. The van der Waals surface area contributed by atoms with Crippen LogP contribution in [0, 0.1) is 0 Å². The molecular weight excluding hydrogens is 318 g/mol. The second kappa shape index (κ2) is 9.60. The Bertz CT molecular complexity index is 505. The highest BCUT2D eigenvalue weighted by Gasteiger charge is 2.15. The molecule has 0 aliphatic carbocycles. The fourth-order valence-corrected chi connectivity index (χ4v) is 2.46. The van der Waals surface area contributed by atoms with Crippen LogP contribution in [-0.2, 0) is 4.79 Å². The standard InChI is InChI=1S/C16H25N3O3.ClH/c1-18-8-10-19(11-9-18)7-6-16(20)17-14-12-13(21-2)4-5-15(14)22-3;/h4-5,12H,6-11H2,1-3H3,(H,17,20);1H/p-1. The molecule has 1 heterocycles. The molecular formula is C16H25ClN3O3-. The van der Waals surface area contributed by atoms with E-state index in [0.717, 1.165) is 32.7 Å². The number of halogens is 1. The number of carbonyl (C=O) groups excluding carboxylic acids is 1. The minimum Gasteiger partial charge on any atom is -1.00 e. The third-order valence-electron chi connectivity index (χ3n) is 3.93. The summed E-state index contributed by atoms with van der Waals surface area (Å²) in [5.41, 5.74) is 0.644. The number of ether oxygens (including phenoxy) is 2. The van der Waals surface area contributed by atoms with Crippen LogP contribution in [0.5, 0.6) is 11.5 Å². The molecule has 1 aromatic carbocycles. The lowest BCUT2D eigenvalue weighted by molar-refractivity contribution is -0.116. The number of amides is 1. The zero-order valence-electron chi connectivity index (χ0n) is 14.0. The molecule has 0 unspecified atom stereocenters. The summed E-state index contributed by atoms with van der Waals surface area (Å²) in [6.07, 6.45) is 0.476. The quantitative estimate of drug-likeness (QED) is 0.667. The van der Waals surface area contributed by atoms with E-state index in [0.29, 0.717) is 23.6 Å². The predicted molar refractivity (Wildman–Crippen MR) is 86.7 cm³/mol. The number of nitrogens with zero attached hydrogens (tertiary/aromatic N) is 2. The summed E-state index contributed by atoms with van der Waals surface area (Å²) in [6, 6.07) is 5.36. The van der Waals surface area contributed by atoms with Crippen molar-refractivity contribution in [2.45, 2.75) is 6.42 Å². The molecule has 6 nitrogen and oxygen atoms in total. The van der Waals surface area contributed by atoms with Crippen LogP contribution in [0.1, 0.15) is 6.42 Å². The van der Waals surface area contributed by atoms with Crippen LogP contribution >= 0.6 is 0 Å². The number of benzene rings is 1. The first-order valence-electron chi connectivity index (χ1n) is 7.55. The Kier molecular flexibility index (Phi) is 8.16. The molecule has 130 valence electrons. The molecule has 1 fully saturated rings. The van der Waals surface area contributed by atoms with Crippen molar-refractivity contribution in [1.29, 1.82) is 0 Å². The van der Waals surface area contributed by atoms with Crippen molar-refractivity contribution in [2.75, 3.05) is 59.3 Å². The molecule has 0 atom stereocenters. The molecule has 0 saturated carbocycles. The topological polar surface area (TPSA) is 54.0 Å². The van der Waals surface area contributed by atoms with Gasteiger partial charge in [0, 0.05) is 45.2 Å². The highest BCUT2D eigenvalue weighted by molar-refractivity contribution is 5.92. The van der Waals surface area contributed by atoms with E-state index in [2.05, 4.69) is 22.2 Å². The van der Waals surface area contributed by atoms with Crippen molar-refractivity contribution in [2.24, 2.45) is 0 Å². The zero-order chi connectivity index (χ0) is 15.9. The molecule has 7 heteroatoms. The lowest BCUT2D eigenvalue weighted by Gasteiger charge is -2.32. The van der Waals surface area contributed by atoms with Gasteiger partial charge in [0.25, 0.3) is 0 Å². The molecule has 0 bridgehead atoms. The third kappa shape index (κ3) is 5.89. The number of methoxy groups -OCH3 is 2. The first kappa shape index (κ1) is 19.5. The van der Waals surface area contributed by atoms with Crippen LogP contribution in [0.2, 0.25) is 0 Å². The van der Waals surface area contributed by atoms with E-state index in [9.17, 15) is 4.79 Å². The Morgan fingerprint density at radius 1 is 1.17 bits per heavy atom. The van der Waals surface area contributed by atoms with Crippen molar-refractivity contribution in [1.82, 2.24) is 9.80 Å². The number of piperazine rings is 1. The Balaban J connectivity index is 0.00000264. The van der Waals surface area contributed by atoms with Crippen LogP contribution in [0.15, 0.2) is 18.2 Å². The van der Waals surface area contributed by atoms with Gasteiger partial charge in [-0.15, -0.1) is 0 Å². The summed E-state index contributed by atoms with van der Waals surface area (Å²) in [5, 5.41) is 2.90. The van der Waals surface area contributed by atoms with Gasteiger partial charge in [-0.1, -0.05) is 0 Å². The van der Waals surface area contributed by atoms with Gasteiger partial charge in [-0.05, 0) is 19.2 Å². The lowest BCUT2D eigenvalue weighted by Crippen LogP contribution is -3.00. The normalized spacial score (nSPS) is 15.6. The summed E-state index contributed by atoms with van der Waals surface area (Å²) >= 11 is 0. The van der Waals surface area contributed by atoms with E-state index in [4.69, 9.17) is 9.47 Å². The average Bonchev–Trinajstić information content (AvgIpc) is 2.54. The van der Waals surface area contributed by atoms with Crippen molar-refractivity contribution < 1.29 is 26.7 Å². The molecule has 1 amide bonds. The number of hydrogen-bond acceptors (Lipinski definition) is 5. The van der Waals surface area contributed by atoms with E-state index >= 15 is 0 Å². The summed E-state index contributed by atoms with van der Waals surface area (Å²) in [6.45, 7) is 4.95. The first-order chi connectivity index (χ1) is 10.6. The Labute approximate surface area is 144 Å². The van der Waals surface area contributed by atoms with Crippen LogP contribution in [0.3, 0.4) is 0 Å². The summed E-state index contributed by atoms with van der Waals surface area (Å²) < 4.78 is 10.4. The van der Waals surface area contributed by atoms with E-state index < -0.39 is 0 Å². The van der Waals surface area contributed by atoms with Gasteiger partial charge in [0.15, 0.2) is 0 Å². The van der Waals surface area contributed by atoms with E-state index in [-0.39, 0.29) is 18.3 Å². The van der Waals surface area contributed by atoms with Crippen molar-refractivity contribution >= 4 is 11.6 Å². The van der Waals surface area contributed by atoms with Crippen LogP contribution < -0.4 is 27.2 Å². The fraction of sp³-hybridized carbons (Fsp3) is 0.562. The first-order valence-corrected chi connectivity index (χ1v) is 7.55. The highest BCUT2D eigenvalue weighted by atomic mass is 35.5. The lowest BCUT2D eigenvalue weighted by atomic mass is 10.2. The van der Waals surface area contributed by atoms with Crippen molar-refractivity contribution in [3.05, 3.63) is 18.2 Å². The van der Waals surface area contributed by atoms with Gasteiger partial charge in [-0.3, -0.25) is 4.79 Å². The number of likely N-dealkylation sites (N-methyl/N-ethyl adjacent to an activating group) is 1. The molecule has 0 radical (unpaired) electrons. The molecule has 1 aliphatic rings. The van der Waals surface area contributed by atoms with Gasteiger partial charge in [0.05, 0.1) is 19.9 Å². The Morgan fingerprint density at radius 2 is 1.87 bits per heavy atom. The van der Waals surface area contributed by atoms with Crippen molar-refractivity contribution in [3.8, 4) is 11.5 Å². The molecule has 1 aromatic rings. The molecule has 1 N–H and O–H groups in total. The van der Waals surface area contributed by atoms with Crippen LogP contribution in [0.25, 0.3) is 0 Å². The monoisotopic (exact) mass is 342 g/mol. The van der Waals surface area contributed by atoms with Crippen LogP contribution in [-0.4, -0.2) is 69.7 Å². The summed E-state index contributed by atoms with van der Waals surface area (Å²) in [4.78, 5) is 16.8. The average molecular weight is 343 g/mol. The molecule has 23 heavy (non-hydrogen) atoms. The maximum Gasteiger partial charge on any atom is 0.225 e. The number of carbonyl (C=O) groups is 1. The van der Waals surface area contributed by atoms with Crippen LogP contribution in [0.4, 0.5) is 5.69 Å². The largest absolute Gasteiger partial charge is 1.00 e. The maximum absolute atomic E-state index is 12.1. The zero-order valence-corrected chi connectivity index (χ0v) is 14.7. The van der Waals surface area contributed by atoms with Gasteiger partial charge in [0.1, 0.15) is 11.5 Å². The second-order valence-corrected chi connectivity index (χ2v) is 5.51. The molecule has 2 rings (SSSR count). The van der Waals surface area contributed by atoms with E-state index in [1.165, 1.54) is 0 Å². The fourth-order valence-electron chi connectivity index (χ4n) is 2.46. The number of anilines is 1. The van der Waals surface area contributed by atoms with Gasteiger partial charge in [-0.2, -0.15) is 0 Å². The smallest absolute Gasteiger partial charge is 0.225 e. The predicted octanol–water partition coefficient (Wildman–Crippen LogP) is -1.72. The number of rotatable bonds is 6. The van der Waals surface area contributed by atoms with Gasteiger partial charge >= 0.3 is 0 Å². The Hall–Kier alpha value is -1.50. The van der Waals surface area contributed by atoms with Gasteiger partial charge in [0.2, 0.25) is 5.91 Å². The second-order valence-electron chi connectivity index (χ2n) is 5.51. The van der Waals surface area contributed by atoms with Crippen molar-refractivity contribution in [3.63, 3.8) is 0 Å². The highest BCUT2D eigenvalue weighted by Crippen LogP contribution is 2.28. The summed E-state index contributed by atoms with van der Waals surface area (Å²) in [5.74, 6) is 1.31. The Morgan fingerprint density at radius 3 is 2.48 bits per heavy atom. The number of nitrogens with one attached hydrogen (secondary N) is 1. The minimum absolute atomic E-state index is 0. The van der Waals surface area contributed by atoms with E-state index in [1.807, 2.05) is 0 Å². The third-order valence-corrected chi connectivity index (χ3v) is 3.93. The van der Waals surface area contributed by atoms with Gasteiger partial charge in [-0.25, -0.2) is 0 Å². The SMILES string of the molecule is COc1ccc(OC)c(NC(=O)CCN2CCN(C)CC2)c1.[Cl-]. The van der Waals surface area contributed by atoms with E-state index in [1.54, 1.807) is 32.4 Å².